The summed E-state index contributed by atoms with van der Waals surface area (Å²) >= 11 is 6.24. The zero-order valence-electron chi connectivity index (χ0n) is 13.6. The van der Waals surface area contributed by atoms with Crippen LogP contribution < -0.4 is 0 Å². The Bertz CT molecular complexity index is 921. The maximum Gasteiger partial charge on any atom is 0.336 e. The highest BCUT2D eigenvalue weighted by molar-refractivity contribution is 6.33. The topological polar surface area (TPSA) is 50.2 Å². The SMILES string of the molecule is CCC(C)c1ccc2nc(-c3ccccc3Cl)cc(C(=O)O)c2c1. The molecule has 0 aliphatic carbocycles. The van der Waals surface area contributed by atoms with E-state index in [2.05, 4.69) is 18.8 Å². The van der Waals surface area contributed by atoms with Crippen LogP contribution in [0, 0.1) is 0 Å². The maximum atomic E-state index is 11.8. The number of carboxylic acids is 1. The Hall–Kier alpha value is -2.39. The number of halogens is 1. The van der Waals surface area contributed by atoms with Crippen LogP contribution in [0.2, 0.25) is 5.02 Å². The van der Waals surface area contributed by atoms with E-state index < -0.39 is 5.97 Å². The average molecular weight is 340 g/mol. The van der Waals surface area contributed by atoms with Crippen molar-refractivity contribution in [3.8, 4) is 11.3 Å². The Kier molecular flexibility index (Phi) is 4.54. The van der Waals surface area contributed by atoms with Crippen molar-refractivity contribution in [2.75, 3.05) is 0 Å². The van der Waals surface area contributed by atoms with Crippen molar-refractivity contribution in [1.82, 2.24) is 4.98 Å². The smallest absolute Gasteiger partial charge is 0.336 e. The number of nitrogens with zero attached hydrogens (tertiary/aromatic N) is 1. The number of hydrogen-bond acceptors (Lipinski definition) is 2. The molecule has 0 bridgehead atoms. The molecule has 1 aromatic heterocycles. The molecule has 4 heteroatoms. The van der Waals surface area contributed by atoms with Gasteiger partial charge in [0.1, 0.15) is 0 Å². The summed E-state index contributed by atoms with van der Waals surface area (Å²) in [5.41, 5.74) is 3.34. The van der Waals surface area contributed by atoms with Crippen LogP contribution in [-0.2, 0) is 0 Å². The van der Waals surface area contributed by atoms with Gasteiger partial charge in [-0.25, -0.2) is 9.78 Å². The van der Waals surface area contributed by atoms with E-state index in [0.29, 0.717) is 27.5 Å². The minimum Gasteiger partial charge on any atom is -0.478 e. The highest BCUT2D eigenvalue weighted by atomic mass is 35.5. The van der Waals surface area contributed by atoms with Crippen LogP contribution in [-0.4, -0.2) is 16.1 Å². The largest absolute Gasteiger partial charge is 0.478 e. The molecular weight excluding hydrogens is 322 g/mol. The Morgan fingerprint density at radius 1 is 1.21 bits per heavy atom. The van der Waals surface area contributed by atoms with E-state index in [1.807, 2.05) is 36.4 Å². The van der Waals surface area contributed by atoms with E-state index in [-0.39, 0.29) is 5.56 Å². The molecule has 0 spiro atoms. The van der Waals surface area contributed by atoms with Crippen LogP contribution in [0.3, 0.4) is 0 Å². The summed E-state index contributed by atoms with van der Waals surface area (Å²) in [5, 5.41) is 10.9. The standard InChI is InChI=1S/C20H18ClNO2/c1-3-12(2)13-8-9-18-15(10-13)16(20(23)24)11-19(22-18)14-6-4-5-7-17(14)21/h4-12H,3H2,1-2H3,(H,23,24). The van der Waals surface area contributed by atoms with Crippen molar-refractivity contribution < 1.29 is 9.90 Å². The Morgan fingerprint density at radius 3 is 2.62 bits per heavy atom. The van der Waals surface area contributed by atoms with Gasteiger partial charge in [-0.3, -0.25) is 0 Å². The normalized spacial score (nSPS) is 12.3. The molecule has 3 nitrogen and oxygen atoms in total. The number of aromatic nitrogens is 1. The van der Waals surface area contributed by atoms with Gasteiger partial charge in [-0.15, -0.1) is 0 Å². The summed E-state index contributed by atoms with van der Waals surface area (Å²) in [7, 11) is 0. The molecule has 1 atom stereocenters. The number of carboxylic acid groups (broad SMARTS) is 1. The molecule has 3 rings (SSSR count). The molecule has 0 saturated carbocycles. The lowest BCUT2D eigenvalue weighted by molar-refractivity contribution is 0.0699. The first-order valence-electron chi connectivity index (χ1n) is 7.94. The third-order valence-corrected chi connectivity index (χ3v) is 4.72. The van der Waals surface area contributed by atoms with Gasteiger partial charge in [-0.1, -0.05) is 49.7 Å². The lowest BCUT2D eigenvalue weighted by Gasteiger charge is -2.13. The summed E-state index contributed by atoms with van der Waals surface area (Å²) in [6, 6.07) is 14.8. The summed E-state index contributed by atoms with van der Waals surface area (Å²) in [6.07, 6.45) is 0.999. The molecule has 3 aromatic rings. The number of pyridine rings is 1. The van der Waals surface area contributed by atoms with Gasteiger partial charge in [-0.05, 0) is 42.2 Å². The summed E-state index contributed by atoms with van der Waals surface area (Å²) in [6.45, 7) is 4.25. The van der Waals surface area contributed by atoms with Gasteiger partial charge in [0.2, 0.25) is 0 Å². The summed E-state index contributed by atoms with van der Waals surface area (Å²) in [4.78, 5) is 16.4. The van der Waals surface area contributed by atoms with Gasteiger partial charge in [0.25, 0.3) is 0 Å². The molecule has 1 N–H and O–H groups in total. The molecule has 1 heterocycles. The fourth-order valence-corrected chi connectivity index (χ4v) is 3.00. The van der Waals surface area contributed by atoms with Crippen molar-refractivity contribution in [1.29, 1.82) is 0 Å². The van der Waals surface area contributed by atoms with E-state index in [4.69, 9.17) is 11.6 Å². The molecule has 0 radical (unpaired) electrons. The summed E-state index contributed by atoms with van der Waals surface area (Å²) < 4.78 is 0. The lowest BCUT2D eigenvalue weighted by atomic mass is 9.95. The van der Waals surface area contributed by atoms with E-state index >= 15 is 0 Å². The van der Waals surface area contributed by atoms with Gasteiger partial charge >= 0.3 is 5.97 Å². The van der Waals surface area contributed by atoms with Crippen LogP contribution in [0.4, 0.5) is 0 Å². The van der Waals surface area contributed by atoms with Crippen LogP contribution >= 0.6 is 11.6 Å². The van der Waals surface area contributed by atoms with Gasteiger partial charge in [0, 0.05) is 16.0 Å². The summed E-state index contributed by atoms with van der Waals surface area (Å²) in [5.74, 6) is -0.587. The number of fused-ring (bicyclic) bond motifs is 1. The minimum absolute atomic E-state index is 0.250. The molecule has 122 valence electrons. The lowest BCUT2D eigenvalue weighted by Crippen LogP contribution is -2.02. The van der Waals surface area contributed by atoms with Gasteiger partial charge in [0.15, 0.2) is 0 Å². The Labute approximate surface area is 145 Å². The van der Waals surface area contributed by atoms with Crippen LogP contribution in [0.1, 0.15) is 42.1 Å². The van der Waals surface area contributed by atoms with Crippen LogP contribution in [0.25, 0.3) is 22.2 Å². The zero-order chi connectivity index (χ0) is 17.3. The monoisotopic (exact) mass is 339 g/mol. The fourth-order valence-electron chi connectivity index (χ4n) is 2.77. The first kappa shape index (κ1) is 16.5. The third kappa shape index (κ3) is 3.00. The van der Waals surface area contributed by atoms with Crippen molar-refractivity contribution >= 4 is 28.5 Å². The Balaban J connectivity index is 2.26. The second-order valence-corrected chi connectivity index (χ2v) is 6.33. The number of hydrogen-bond donors (Lipinski definition) is 1. The molecule has 2 aromatic carbocycles. The second kappa shape index (κ2) is 6.62. The van der Waals surface area contributed by atoms with Gasteiger partial charge in [-0.2, -0.15) is 0 Å². The molecule has 0 saturated heterocycles. The highest BCUT2D eigenvalue weighted by Crippen LogP contribution is 2.31. The first-order valence-corrected chi connectivity index (χ1v) is 8.32. The Morgan fingerprint density at radius 2 is 1.96 bits per heavy atom. The van der Waals surface area contributed by atoms with E-state index in [1.54, 1.807) is 12.1 Å². The van der Waals surface area contributed by atoms with Gasteiger partial charge in [0.05, 0.1) is 16.8 Å². The van der Waals surface area contributed by atoms with Crippen molar-refractivity contribution in [2.45, 2.75) is 26.2 Å². The quantitative estimate of drug-likeness (QED) is 0.656. The molecule has 0 aliphatic heterocycles. The highest BCUT2D eigenvalue weighted by Gasteiger charge is 2.15. The zero-order valence-corrected chi connectivity index (χ0v) is 14.3. The van der Waals surface area contributed by atoms with Gasteiger partial charge < -0.3 is 5.11 Å². The van der Waals surface area contributed by atoms with E-state index in [1.165, 1.54) is 0 Å². The maximum absolute atomic E-state index is 11.8. The average Bonchev–Trinajstić information content (AvgIpc) is 2.59. The van der Waals surface area contributed by atoms with Crippen molar-refractivity contribution in [3.05, 3.63) is 64.7 Å². The van der Waals surface area contributed by atoms with Crippen LogP contribution in [0.5, 0.6) is 0 Å². The molecular formula is C20H18ClNO2. The number of carbonyl (C=O) groups is 1. The number of benzene rings is 2. The second-order valence-electron chi connectivity index (χ2n) is 5.93. The van der Waals surface area contributed by atoms with Crippen molar-refractivity contribution in [2.24, 2.45) is 0 Å². The van der Waals surface area contributed by atoms with Crippen molar-refractivity contribution in [3.63, 3.8) is 0 Å². The molecule has 1 unspecified atom stereocenters. The molecule has 0 amide bonds. The fraction of sp³-hybridized carbons (Fsp3) is 0.200. The third-order valence-electron chi connectivity index (χ3n) is 4.39. The van der Waals surface area contributed by atoms with Crippen LogP contribution in [0.15, 0.2) is 48.5 Å². The van der Waals surface area contributed by atoms with E-state index in [9.17, 15) is 9.90 Å². The molecule has 0 aliphatic rings. The number of aromatic carboxylic acids is 1. The predicted octanol–water partition coefficient (Wildman–Crippen LogP) is 5.77. The molecule has 24 heavy (non-hydrogen) atoms. The van der Waals surface area contributed by atoms with E-state index in [0.717, 1.165) is 17.5 Å². The first-order chi connectivity index (χ1) is 11.5. The minimum atomic E-state index is -0.961. The predicted molar refractivity (Wildman–Crippen MR) is 97.9 cm³/mol. The number of rotatable bonds is 4. The molecule has 0 fully saturated rings.